The van der Waals surface area contributed by atoms with Crippen LogP contribution in [-0.2, 0) is 12.0 Å². The summed E-state index contributed by atoms with van der Waals surface area (Å²) in [6.07, 6.45) is 0.584. The Balaban J connectivity index is 0.00000220. The van der Waals surface area contributed by atoms with Gasteiger partial charge in [-0.05, 0) is 33.9 Å². The van der Waals surface area contributed by atoms with Crippen molar-refractivity contribution in [3.63, 3.8) is 0 Å². The molecule has 21 heavy (non-hydrogen) atoms. The highest BCUT2D eigenvalue weighted by atomic mass is 35.5. The molecule has 1 aliphatic heterocycles. The third kappa shape index (κ3) is 4.45. The van der Waals surface area contributed by atoms with Gasteiger partial charge in [0.1, 0.15) is 0 Å². The number of halogens is 1. The number of nitrogens with one attached hydrogen (secondary N) is 1. The standard InChI is InChI=1S/C18H29NO.ClH/c1-17(2,3)10-15-16(20)14-8-7-13(18(4,5)6)9-12(14)11-19-15;/h7-9,15-16,19-20H,10-11H2,1-6H3;1H/t15-,16+;/m1./s1. The number of aliphatic hydroxyl groups excluding tert-OH is 1. The van der Waals surface area contributed by atoms with Gasteiger partial charge in [-0.1, -0.05) is 59.7 Å². The van der Waals surface area contributed by atoms with Crippen molar-refractivity contribution < 1.29 is 5.11 Å². The van der Waals surface area contributed by atoms with Gasteiger partial charge in [-0.2, -0.15) is 0 Å². The van der Waals surface area contributed by atoms with Crippen molar-refractivity contribution in [2.75, 3.05) is 0 Å². The molecule has 0 saturated heterocycles. The zero-order valence-corrected chi connectivity index (χ0v) is 15.0. The highest BCUT2D eigenvalue weighted by Crippen LogP contribution is 2.34. The first-order valence-electron chi connectivity index (χ1n) is 7.63. The van der Waals surface area contributed by atoms with E-state index in [2.05, 4.69) is 65.1 Å². The first-order chi connectivity index (χ1) is 9.08. The molecule has 0 aliphatic carbocycles. The van der Waals surface area contributed by atoms with Crippen LogP contribution in [0.4, 0.5) is 0 Å². The maximum Gasteiger partial charge on any atom is 0.0946 e. The Bertz CT molecular complexity index is 485. The normalized spacial score (nSPS) is 22.4. The maximum atomic E-state index is 10.6. The molecule has 0 aromatic heterocycles. The number of hydrogen-bond donors (Lipinski definition) is 2. The summed E-state index contributed by atoms with van der Waals surface area (Å²) in [7, 11) is 0. The van der Waals surface area contributed by atoms with Gasteiger partial charge >= 0.3 is 0 Å². The van der Waals surface area contributed by atoms with Crippen molar-refractivity contribution in [1.29, 1.82) is 0 Å². The third-order valence-corrected chi connectivity index (χ3v) is 4.10. The minimum absolute atomic E-state index is 0. The van der Waals surface area contributed by atoms with E-state index in [-0.39, 0.29) is 29.3 Å². The van der Waals surface area contributed by atoms with Crippen LogP contribution in [0.1, 0.15) is 70.8 Å². The molecule has 2 rings (SSSR count). The Morgan fingerprint density at radius 1 is 1.14 bits per heavy atom. The fourth-order valence-corrected chi connectivity index (χ4v) is 2.93. The second kappa shape index (κ2) is 6.28. The summed E-state index contributed by atoms with van der Waals surface area (Å²) in [5.41, 5.74) is 4.06. The molecule has 0 fully saturated rings. The van der Waals surface area contributed by atoms with E-state index in [1.54, 1.807) is 0 Å². The van der Waals surface area contributed by atoms with Crippen LogP contribution in [0.15, 0.2) is 18.2 Å². The molecule has 3 heteroatoms. The lowest BCUT2D eigenvalue weighted by atomic mass is 9.79. The minimum atomic E-state index is -0.396. The topological polar surface area (TPSA) is 32.3 Å². The first-order valence-corrected chi connectivity index (χ1v) is 7.63. The Hall–Kier alpha value is -0.570. The van der Waals surface area contributed by atoms with Gasteiger partial charge in [0.05, 0.1) is 6.10 Å². The number of aliphatic hydroxyl groups is 1. The molecule has 0 spiro atoms. The summed E-state index contributed by atoms with van der Waals surface area (Å²) in [5, 5.41) is 14.1. The smallest absolute Gasteiger partial charge is 0.0946 e. The summed E-state index contributed by atoms with van der Waals surface area (Å²) >= 11 is 0. The minimum Gasteiger partial charge on any atom is -0.387 e. The predicted octanol–water partition coefficient (Wildman–Crippen LogP) is 4.35. The molecule has 2 nitrogen and oxygen atoms in total. The molecule has 0 bridgehead atoms. The van der Waals surface area contributed by atoms with Gasteiger partial charge in [-0.15, -0.1) is 12.4 Å². The number of hydrogen-bond acceptors (Lipinski definition) is 2. The van der Waals surface area contributed by atoms with Crippen molar-refractivity contribution in [3.05, 3.63) is 34.9 Å². The van der Waals surface area contributed by atoms with Crippen molar-refractivity contribution in [2.45, 2.75) is 72.1 Å². The molecule has 0 unspecified atom stereocenters. The molecule has 1 heterocycles. The van der Waals surface area contributed by atoms with Gasteiger partial charge in [-0.25, -0.2) is 0 Å². The monoisotopic (exact) mass is 311 g/mol. The number of benzene rings is 1. The van der Waals surface area contributed by atoms with E-state index < -0.39 is 6.10 Å². The quantitative estimate of drug-likeness (QED) is 0.808. The van der Waals surface area contributed by atoms with Crippen LogP contribution < -0.4 is 5.32 Å². The van der Waals surface area contributed by atoms with Gasteiger partial charge in [-0.3, -0.25) is 0 Å². The molecule has 1 aromatic carbocycles. The maximum absolute atomic E-state index is 10.6. The molecule has 0 amide bonds. The average molecular weight is 312 g/mol. The highest BCUT2D eigenvalue weighted by molar-refractivity contribution is 5.85. The Morgan fingerprint density at radius 3 is 2.29 bits per heavy atom. The zero-order chi connectivity index (χ0) is 15.1. The van der Waals surface area contributed by atoms with E-state index in [9.17, 15) is 5.11 Å². The highest BCUT2D eigenvalue weighted by Gasteiger charge is 2.31. The van der Waals surface area contributed by atoms with Gasteiger partial charge in [0.25, 0.3) is 0 Å². The van der Waals surface area contributed by atoms with Crippen LogP contribution in [0.2, 0.25) is 0 Å². The van der Waals surface area contributed by atoms with Crippen LogP contribution in [-0.4, -0.2) is 11.1 Å². The zero-order valence-electron chi connectivity index (χ0n) is 14.2. The van der Waals surface area contributed by atoms with Gasteiger partial charge < -0.3 is 10.4 Å². The molecule has 120 valence electrons. The van der Waals surface area contributed by atoms with E-state index in [1.807, 2.05) is 0 Å². The van der Waals surface area contributed by atoms with Crippen molar-refractivity contribution in [2.24, 2.45) is 5.41 Å². The Kier molecular flexibility index (Phi) is 5.52. The summed E-state index contributed by atoms with van der Waals surface area (Å²) in [6.45, 7) is 14.2. The molecular formula is C18H30ClNO. The molecule has 1 aliphatic rings. The van der Waals surface area contributed by atoms with E-state index in [1.165, 1.54) is 11.1 Å². The molecule has 1 aromatic rings. The molecule has 0 radical (unpaired) electrons. The van der Waals surface area contributed by atoms with Crippen molar-refractivity contribution in [3.8, 4) is 0 Å². The lowest BCUT2D eigenvalue weighted by molar-refractivity contribution is 0.0931. The van der Waals surface area contributed by atoms with E-state index in [0.717, 1.165) is 18.5 Å². The van der Waals surface area contributed by atoms with E-state index >= 15 is 0 Å². The van der Waals surface area contributed by atoms with Crippen LogP contribution in [0.5, 0.6) is 0 Å². The lowest BCUT2D eigenvalue weighted by Gasteiger charge is -2.36. The van der Waals surface area contributed by atoms with Crippen LogP contribution in [0, 0.1) is 5.41 Å². The largest absolute Gasteiger partial charge is 0.387 e. The first kappa shape index (κ1) is 18.5. The summed E-state index contributed by atoms with van der Waals surface area (Å²) in [4.78, 5) is 0. The Labute approximate surface area is 135 Å². The summed E-state index contributed by atoms with van der Waals surface area (Å²) in [6, 6.07) is 6.69. The number of rotatable bonds is 1. The lowest BCUT2D eigenvalue weighted by Crippen LogP contribution is -2.41. The van der Waals surface area contributed by atoms with Crippen molar-refractivity contribution in [1.82, 2.24) is 5.32 Å². The summed E-state index contributed by atoms with van der Waals surface area (Å²) in [5.74, 6) is 0. The molecular weight excluding hydrogens is 282 g/mol. The van der Waals surface area contributed by atoms with Crippen LogP contribution in [0.25, 0.3) is 0 Å². The fourth-order valence-electron chi connectivity index (χ4n) is 2.93. The van der Waals surface area contributed by atoms with Crippen molar-refractivity contribution >= 4 is 12.4 Å². The predicted molar refractivity (Wildman–Crippen MR) is 92.0 cm³/mol. The second-order valence-electron chi connectivity index (χ2n) is 8.36. The SMILES string of the molecule is CC(C)(C)C[C@H]1NCc2cc(C(C)(C)C)ccc2[C@@H]1O.Cl. The molecule has 0 saturated carbocycles. The van der Waals surface area contributed by atoms with E-state index in [0.29, 0.717) is 0 Å². The third-order valence-electron chi connectivity index (χ3n) is 4.10. The average Bonchev–Trinajstić information content (AvgIpc) is 2.30. The second-order valence-corrected chi connectivity index (χ2v) is 8.36. The molecule has 2 N–H and O–H groups in total. The summed E-state index contributed by atoms with van der Waals surface area (Å²) < 4.78 is 0. The fraction of sp³-hybridized carbons (Fsp3) is 0.667. The van der Waals surface area contributed by atoms with Gasteiger partial charge in [0, 0.05) is 12.6 Å². The van der Waals surface area contributed by atoms with E-state index in [4.69, 9.17) is 0 Å². The number of fused-ring (bicyclic) bond motifs is 1. The molecule has 2 atom stereocenters. The van der Waals surface area contributed by atoms with Crippen LogP contribution in [0.3, 0.4) is 0 Å². The Morgan fingerprint density at radius 2 is 1.76 bits per heavy atom. The van der Waals surface area contributed by atoms with Gasteiger partial charge in [0.2, 0.25) is 0 Å². The van der Waals surface area contributed by atoms with Crippen LogP contribution >= 0.6 is 12.4 Å². The van der Waals surface area contributed by atoms with Gasteiger partial charge in [0.15, 0.2) is 0 Å².